The van der Waals surface area contributed by atoms with Crippen LogP contribution in [0, 0.1) is 11.8 Å². The Balaban J connectivity index is 2.43. The van der Waals surface area contributed by atoms with Gasteiger partial charge in [-0.3, -0.25) is 4.79 Å². The van der Waals surface area contributed by atoms with Gasteiger partial charge >= 0.3 is 0 Å². The predicted molar refractivity (Wildman–Crippen MR) is 68.4 cm³/mol. The van der Waals surface area contributed by atoms with Crippen molar-refractivity contribution in [1.82, 2.24) is 10.6 Å². The van der Waals surface area contributed by atoms with Crippen LogP contribution < -0.4 is 10.6 Å². The van der Waals surface area contributed by atoms with Gasteiger partial charge in [-0.15, -0.1) is 11.3 Å². The van der Waals surface area contributed by atoms with Crippen LogP contribution in [0.2, 0.25) is 0 Å². The fraction of sp³-hybridized carbons (Fsp3) is 0.583. The minimum Gasteiger partial charge on any atom is -0.351 e. The first kappa shape index (κ1) is 13.2. The van der Waals surface area contributed by atoms with Crippen LogP contribution in [0.3, 0.4) is 0 Å². The summed E-state index contributed by atoms with van der Waals surface area (Å²) in [4.78, 5) is 13.1. The summed E-state index contributed by atoms with van der Waals surface area (Å²) in [5.41, 5.74) is 0. The van der Waals surface area contributed by atoms with Gasteiger partial charge in [-0.1, -0.05) is 19.9 Å². The molecule has 1 unspecified atom stereocenters. The Morgan fingerprint density at radius 2 is 2.25 bits per heavy atom. The minimum absolute atomic E-state index is 0.0463. The highest BCUT2D eigenvalue weighted by Gasteiger charge is 2.20. The largest absolute Gasteiger partial charge is 0.351 e. The maximum atomic E-state index is 11.9. The quantitative estimate of drug-likeness (QED) is 0.797. The summed E-state index contributed by atoms with van der Waals surface area (Å²) in [6, 6.07) is 4.03. The van der Waals surface area contributed by atoms with Gasteiger partial charge in [-0.25, -0.2) is 0 Å². The van der Waals surface area contributed by atoms with Crippen molar-refractivity contribution < 1.29 is 4.79 Å². The van der Waals surface area contributed by atoms with Gasteiger partial charge in [0.25, 0.3) is 0 Å². The number of amides is 1. The Kier molecular flexibility index (Phi) is 5.49. The molecule has 0 saturated heterocycles. The van der Waals surface area contributed by atoms with E-state index in [0.29, 0.717) is 12.5 Å². The molecule has 16 heavy (non-hydrogen) atoms. The van der Waals surface area contributed by atoms with E-state index in [2.05, 4.69) is 24.5 Å². The van der Waals surface area contributed by atoms with Crippen LogP contribution in [0.15, 0.2) is 17.5 Å². The molecule has 1 heterocycles. The summed E-state index contributed by atoms with van der Waals surface area (Å²) in [5, 5.41) is 8.07. The Bertz CT molecular complexity index is 309. The SMILES string of the molecule is CNCC(C(=O)NCc1cccs1)C(C)C. The molecule has 0 aliphatic rings. The molecule has 1 rings (SSSR count). The second kappa shape index (κ2) is 6.66. The first-order chi connectivity index (χ1) is 7.65. The Morgan fingerprint density at radius 1 is 1.50 bits per heavy atom. The predicted octanol–water partition coefficient (Wildman–Crippen LogP) is 1.86. The molecule has 0 aliphatic carbocycles. The van der Waals surface area contributed by atoms with Crippen molar-refractivity contribution in [3.05, 3.63) is 22.4 Å². The zero-order chi connectivity index (χ0) is 12.0. The smallest absolute Gasteiger partial charge is 0.224 e. The van der Waals surface area contributed by atoms with Gasteiger partial charge in [-0.2, -0.15) is 0 Å². The van der Waals surface area contributed by atoms with Crippen molar-refractivity contribution >= 4 is 17.2 Å². The maximum Gasteiger partial charge on any atom is 0.224 e. The molecule has 0 saturated carbocycles. The molecule has 1 amide bonds. The Hall–Kier alpha value is -0.870. The lowest BCUT2D eigenvalue weighted by Gasteiger charge is -2.19. The van der Waals surface area contributed by atoms with Crippen molar-refractivity contribution in [2.75, 3.05) is 13.6 Å². The normalized spacial score (nSPS) is 12.8. The second-order valence-corrected chi connectivity index (χ2v) is 5.24. The third-order valence-electron chi connectivity index (χ3n) is 2.58. The molecule has 1 aromatic rings. The zero-order valence-electron chi connectivity index (χ0n) is 10.1. The van der Waals surface area contributed by atoms with Crippen molar-refractivity contribution in [1.29, 1.82) is 0 Å². The molecule has 0 fully saturated rings. The highest BCUT2D eigenvalue weighted by atomic mass is 32.1. The molecule has 3 nitrogen and oxygen atoms in total. The first-order valence-corrected chi connectivity index (χ1v) is 6.47. The van der Waals surface area contributed by atoms with Crippen molar-refractivity contribution in [2.24, 2.45) is 11.8 Å². The average molecular weight is 240 g/mol. The van der Waals surface area contributed by atoms with E-state index in [1.165, 1.54) is 4.88 Å². The van der Waals surface area contributed by atoms with Crippen LogP contribution in [0.4, 0.5) is 0 Å². The van der Waals surface area contributed by atoms with Gasteiger partial charge in [0.15, 0.2) is 0 Å². The minimum atomic E-state index is 0.0463. The molecule has 0 aliphatic heterocycles. The van der Waals surface area contributed by atoms with E-state index < -0.39 is 0 Å². The third-order valence-corrected chi connectivity index (χ3v) is 3.46. The summed E-state index contributed by atoms with van der Waals surface area (Å²) in [6.07, 6.45) is 0. The van der Waals surface area contributed by atoms with E-state index in [0.717, 1.165) is 6.54 Å². The Labute approximate surface area is 101 Å². The number of hydrogen-bond acceptors (Lipinski definition) is 3. The van der Waals surface area contributed by atoms with Crippen molar-refractivity contribution in [3.8, 4) is 0 Å². The molecular formula is C12H20N2OS. The molecule has 1 aromatic heterocycles. The van der Waals surface area contributed by atoms with Crippen molar-refractivity contribution in [2.45, 2.75) is 20.4 Å². The number of carbonyl (C=O) groups excluding carboxylic acids is 1. The number of carbonyl (C=O) groups is 1. The highest BCUT2D eigenvalue weighted by Crippen LogP contribution is 2.11. The fourth-order valence-corrected chi connectivity index (χ4v) is 2.21. The van der Waals surface area contributed by atoms with Gasteiger partial charge in [0.05, 0.1) is 12.5 Å². The molecule has 4 heteroatoms. The van der Waals surface area contributed by atoms with E-state index in [1.807, 2.05) is 24.6 Å². The number of nitrogens with one attached hydrogen (secondary N) is 2. The molecule has 2 N–H and O–H groups in total. The van der Waals surface area contributed by atoms with E-state index in [9.17, 15) is 4.79 Å². The monoisotopic (exact) mass is 240 g/mol. The van der Waals surface area contributed by atoms with E-state index in [4.69, 9.17) is 0 Å². The average Bonchev–Trinajstić information content (AvgIpc) is 2.75. The molecular weight excluding hydrogens is 220 g/mol. The van der Waals surface area contributed by atoms with Crippen LogP contribution in [-0.4, -0.2) is 19.5 Å². The molecule has 0 spiro atoms. The third kappa shape index (κ3) is 3.94. The number of hydrogen-bond donors (Lipinski definition) is 2. The Morgan fingerprint density at radius 3 is 2.75 bits per heavy atom. The summed E-state index contributed by atoms with van der Waals surface area (Å²) in [7, 11) is 1.88. The maximum absolute atomic E-state index is 11.9. The lowest BCUT2D eigenvalue weighted by Crippen LogP contribution is -2.38. The van der Waals surface area contributed by atoms with E-state index >= 15 is 0 Å². The van der Waals surface area contributed by atoms with Crippen LogP contribution in [-0.2, 0) is 11.3 Å². The van der Waals surface area contributed by atoms with Gasteiger partial charge in [0.1, 0.15) is 0 Å². The van der Waals surface area contributed by atoms with E-state index in [1.54, 1.807) is 11.3 Å². The van der Waals surface area contributed by atoms with Gasteiger partial charge < -0.3 is 10.6 Å². The highest BCUT2D eigenvalue weighted by molar-refractivity contribution is 7.09. The lowest BCUT2D eigenvalue weighted by atomic mass is 9.95. The number of thiophene rings is 1. The molecule has 0 radical (unpaired) electrons. The van der Waals surface area contributed by atoms with Crippen LogP contribution >= 0.6 is 11.3 Å². The van der Waals surface area contributed by atoms with Crippen molar-refractivity contribution in [3.63, 3.8) is 0 Å². The second-order valence-electron chi connectivity index (χ2n) is 4.21. The van der Waals surface area contributed by atoms with Gasteiger partial charge in [-0.05, 0) is 24.4 Å². The van der Waals surface area contributed by atoms with Gasteiger partial charge in [0.2, 0.25) is 5.91 Å². The fourth-order valence-electron chi connectivity index (χ4n) is 1.57. The topological polar surface area (TPSA) is 41.1 Å². The van der Waals surface area contributed by atoms with Gasteiger partial charge in [0, 0.05) is 11.4 Å². The number of rotatable bonds is 6. The molecule has 0 aromatic carbocycles. The summed E-state index contributed by atoms with van der Waals surface area (Å²) >= 11 is 1.67. The molecule has 90 valence electrons. The van der Waals surface area contributed by atoms with Crippen LogP contribution in [0.1, 0.15) is 18.7 Å². The van der Waals surface area contributed by atoms with E-state index in [-0.39, 0.29) is 11.8 Å². The standard InChI is InChI=1S/C12H20N2OS/c1-9(2)11(8-13-3)12(15)14-7-10-5-4-6-16-10/h4-6,9,11,13H,7-8H2,1-3H3,(H,14,15). The summed E-state index contributed by atoms with van der Waals surface area (Å²) in [6.45, 7) is 5.52. The van der Waals surface area contributed by atoms with Crippen LogP contribution in [0.25, 0.3) is 0 Å². The zero-order valence-corrected chi connectivity index (χ0v) is 10.9. The molecule has 0 bridgehead atoms. The lowest BCUT2D eigenvalue weighted by molar-refractivity contribution is -0.126. The summed E-state index contributed by atoms with van der Waals surface area (Å²) in [5.74, 6) is 0.540. The first-order valence-electron chi connectivity index (χ1n) is 5.59. The summed E-state index contributed by atoms with van der Waals surface area (Å²) < 4.78 is 0. The molecule has 1 atom stereocenters. The van der Waals surface area contributed by atoms with Crippen LogP contribution in [0.5, 0.6) is 0 Å².